The molecule has 0 atom stereocenters. The van der Waals surface area contributed by atoms with Crippen LogP contribution in [0, 0.1) is 0 Å². The summed E-state index contributed by atoms with van der Waals surface area (Å²) in [5, 5.41) is 3.04. The normalized spacial score (nSPS) is 11.7. The van der Waals surface area contributed by atoms with Gasteiger partial charge in [0.1, 0.15) is 11.6 Å². The van der Waals surface area contributed by atoms with Gasteiger partial charge < -0.3 is 9.79 Å². The van der Waals surface area contributed by atoms with Crippen LogP contribution in [0.25, 0.3) is 21.7 Å². The van der Waals surface area contributed by atoms with Crippen LogP contribution in [0.4, 0.5) is 0 Å². The van der Waals surface area contributed by atoms with Crippen LogP contribution in [0.5, 0.6) is 0 Å². The summed E-state index contributed by atoms with van der Waals surface area (Å²) >= 11 is 1.65. The predicted octanol–water partition coefficient (Wildman–Crippen LogP) is 5.28. The molecule has 29 heavy (non-hydrogen) atoms. The van der Waals surface area contributed by atoms with Crippen molar-refractivity contribution in [2.24, 2.45) is 0 Å². The van der Waals surface area contributed by atoms with E-state index in [9.17, 15) is 4.57 Å². The molecular weight excluding hydrogens is 403 g/mol. The molecule has 5 nitrogen and oxygen atoms in total. The topological polar surface area (TPSA) is 74.3 Å². The van der Waals surface area contributed by atoms with E-state index in [1.54, 1.807) is 11.3 Å². The molecule has 0 amide bonds. The minimum Gasteiger partial charge on any atom is -0.324 e. The molecule has 0 aliphatic rings. The van der Waals surface area contributed by atoms with Gasteiger partial charge in [0, 0.05) is 41.9 Å². The van der Waals surface area contributed by atoms with Crippen LogP contribution in [-0.4, -0.2) is 20.9 Å². The van der Waals surface area contributed by atoms with Crippen molar-refractivity contribution in [1.29, 1.82) is 0 Å². The summed E-state index contributed by atoms with van der Waals surface area (Å²) in [5.41, 5.74) is 3.56. The molecule has 0 fully saturated rings. The Morgan fingerprint density at radius 3 is 2.03 bits per heavy atom. The number of unbranched alkanes of at least 4 members (excludes halogenated alkanes) is 5. The number of hydrogen-bond donors (Lipinski definition) is 2. The molecule has 0 saturated heterocycles. The van der Waals surface area contributed by atoms with E-state index in [4.69, 9.17) is 9.79 Å². The lowest BCUT2D eigenvalue weighted by Gasteiger charge is -2.04. The van der Waals surface area contributed by atoms with Gasteiger partial charge in [0.15, 0.2) is 12.4 Å². The molecular formula is C22H28N2O3PS+. The van der Waals surface area contributed by atoms with Crippen LogP contribution in [0.3, 0.4) is 0 Å². The number of aryl methyl sites for hydroxylation is 1. The Hall–Kier alpha value is -1.85. The molecule has 3 aromatic rings. The number of pyridine rings is 1. The summed E-state index contributed by atoms with van der Waals surface area (Å²) in [4.78, 5) is 22.0. The van der Waals surface area contributed by atoms with Crippen molar-refractivity contribution in [3.05, 3.63) is 60.4 Å². The third kappa shape index (κ3) is 7.48. The summed E-state index contributed by atoms with van der Waals surface area (Å²) < 4.78 is 13.0. The van der Waals surface area contributed by atoms with Crippen molar-refractivity contribution >= 4 is 18.9 Å². The van der Waals surface area contributed by atoms with Crippen molar-refractivity contribution in [3.8, 4) is 21.7 Å². The second kappa shape index (κ2) is 10.8. The van der Waals surface area contributed by atoms with Crippen molar-refractivity contribution in [2.45, 2.75) is 45.1 Å². The van der Waals surface area contributed by atoms with Gasteiger partial charge in [-0.05, 0) is 24.0 Å². The number of nitrogens with zero attached hydrogens (tertiary/aromatic N) is 2. The predicted molar refractivity (Wildman–Crippen MR) is 118 cm³/mol. The molecule has 3 rings (SSSR count). The molecule has 154 valence electrons. The molecule has 0 radical (unpaired) electrons. The summed E-state index contributed by atoms with van der Waals surface area (Å²) in [6.45, 7) is 0.992. The minimum absolute atomic E-state index is 0.0167. The second-order valence-electron chi connectivity index (χ2n) is 7.25. The Morgan fingerprint density at radius 2 is 1.41 bits per heavy atom. The Balaban J connectivity index is 1.38. The van der Waals surface area contributed by atoms with E-state index < -0.39 is 7.60 Å². The van der Waals surface area contributed by atoms with Crippen LogP contribution < -0.4 is 4.57 Å². The van der Waals surface area contributed by atoms with E-state index in [2.05, 4.69) is 58.3 Å². The fraction of sp³-hybridized carbons (Fsp3) is 0.364. The molecule has 2 aromatic heterocycles. The van der Waals surface area contributed by atoms with E-state index in [0.717, 1.165) is 49.2 Å². The lowest BCUT2D eigenvalue weighted by atomic mass is 10.1. The monoisotopic (exact) mass is 431 g/mol. The van der Waals surface area contributed by atoms with Gasteiger partial charge in [0.05, 0.1) is 0 Å². The maximum absolute atomic E-state index is 10.8. The zero-order chi connectivity index (χ0) is 20.5. The highest BCUT2D eigenvalue weighted by Crippen LogP contribution is 2.35. The summed E-state index contributed by atoms with van der Waals surface area (Å²) in [6, 6.07) is 12.8. The first-order chi connectivity index (χ1) is 14.0. The van der Waals surface area contributed by atoms with Gasteiger partial charge in [0.25, 0.3) is 0 Å². The largest absolute Gasteiger partial charge is 0.325 e. The maximum Gasteiger partial charge on any atom is 0.325 e. The number of benzene rings is 1. The molecule has 0 unspecified atom stereocenters. The van der Waals surface area contributed by atoms with Crippen LogP contribution in [0.2, 0.25) is 0 Å². The Morgan fingerprint density at radius 1 is 0.828 bits per heavy atom. The molecule has 0 aliphatic heterocycles. The summed E-state index contributed by atoms with van der Waals surface area (Å²) in [5.74, 6) is 0. The van der Waals surface area contributed by atoms with Gasteiger partial charge in [-0.2, -0.15) is 0 Å². The van der Waals surface area contributed by atoms with Gasteiger partial charge in [-0.3, -0.25) is 4.57 Å². The van der Waals surface area contributed by atoms with Crippen molar-refractivity contribution in [3.63, 3.8) is 0 Å². The number of rotatable bonds is 11. The molecule has 2 heterocycles. The molecule has 1 aromatic carbocycles. The number of hydrogen-bond acceptors (Lipinski definition) is 3. The lowest BCUT2D eigenvalue weighted by Crippen LogP contribution is -2.32. The first-order valence-electron chi connectivity index (χ1n) is 10.1. The lowest BCUT2D eigenvalue weighted by molar-refractivity contribution is -0.697. The van der Waals surface area contributed by atoms with Crippen LogP contribution in [0.1, 0.15) is 38.5 Å². The van der Waals surface area contributed by atoms with Crippen LogP contribution >= 0.6 is 18.9 Å². The molecule has 7 heteroatoms. The van der Waals surface area contributed by atoms with Crippen LogP contribution in [-0.2, 0) is 11.1 Å². The molecule has 0 saturated carbocycles. The number of thiazole rings is 1. The average Bonchev–Trinajstić information content (AvgIpc) is 3.25. The smallest absolute Gasteiger partial charge is 0.324 e. The summed E-state index contributed by atoms with van der Waals surface area (Å²) in [6.07, 6.45) is 12.0. The zero-order valence-electron chi connectivity index (χ0n) is 16.5. The van der Waals surface area contributed by atoms with E-state index in [0.29, 0.717) is 6.42 Å². The SMILES string of the molecule is O=P(O)(O)CCCCCCCC[n+]1ccc(-c2ccc(-c3nccs3)cc2)cc1. The highest BCUT2D eigenvalue weighted by atomic mass is 32.1. The van der Waals surface area contributed by atoms with Crippen LogP contribution in [0.15, 0.2) is 60.4 Å². The van der Waals surface area contributed by atoms with Crippen molar-refractivity contribution in [2.75, 3.05) is 6.16 Å². The third-order valence-corrected chi connectivity index (χ3v) is 6.63. The van der Waals surface area contributed by atoms with E-state index in [1.165, 1.54) is 11.1 Å². The van der Waals surface area contributed by atoms with Gasteiger partial charge in [0.2, 0.25) is 0 Å². The Kier molecular flexibility index (Phi) is 8.13. The van der Waals surface area contributed by atoms with Crippen molar-refractivity contribution < 1.29 is 18.9 Å². The maximum atomic E-state index is 10.8. The zero-order valence-corrected chi connectivity index (χ0v) is 18.2. The average molecular weight is 432 g/mol. The molecule has 0 spiro atoms. The number of aromatic nitrogens is 2. The highest BCUT2D eigenvalue weighted by molar-refractivity contribution is 7.51. The first-order valence-corrected chi connectivity index (χ1v) is 12.7. The highest BCUT2D eigenvalue weighted by Gasteiger charge is 2.11. The second-order valence-corrected chi connectivity index (χ2v) is 9.92. The minimum atomic E-state index is -3.81. The summed E-state index contributed by atoms with van der Waals surface area (Å²) in [7, 11) is -3.81. The Labute approximate surface area is 176 Å². The van der Waals surface area contributed by atoms with Gasteiger partial charge in [-0.15, -0.1) is 11.3 Å². The van der Waals surface area contributed by atoms with Gasteiger partial charge in [-0.25, -0.2) is 9.55 Å². The van der Waals surface area contributed by atoms with E-state index in [-0.39, 0.29) is 6.16 Å². The fourth-order valence-corrected chi connectivity index (χ4v) is 4.57. The van der Waals surface area contributed by atoms with Crippen molar-refractivity contribution in [1.82, 2.24) is 4.98 Å². The van der Waals surface area contributed by atoms with Gasteiger partial charge in [-0.1, -0.05) is 43.5 Å². The molecule has 0 aliphatic carbocycles. The molecule has 2 N–H and O–H groups in total. The van der Waals surface area contributed by atoms with Gasteiger partial charge >= 0.3 is 7.60 Å². The van der Waals surface area contributed by atoms with E-state index in [1.807, 2.05) is 11.6 Å². The molecule has 0 bridgehead atoms. The standard InChI is InChI=1S/C22H27N2O3PS/c25-28(26,27)17-6-4-2-1-3-5-14-24-15-11-20(12-16-24)19-7-9-21(10-8-19)22-23-13-18-29-22/h7-13,15-16,18H,1-6,14,17H2,(H-,25,26,27)/p+1. The third-order valence-electron chi connectivity index (χ3n) is 4.90. The van der Waals surface area contributed by atoms with E-state index >= 15 is 0 Å². The Bertz CT molecular complexity index is 906. The fourth-order valence-electron chi connectivity index (χ4n) is 3.29. The first kappa shape index (κ1) is 21.8. The quantitative estimate of drug-likeness (QED) is 0.246.